The molecule has 0 N–H and O–H groups in total. The maximum atomic E-state index is 14.1. The number of hydrogen-bond donors (Lipinski definition) is 0. The van der Waals surface area contributed by atoms with Gasteiger partial charge in [-0.05, 0) is 54.4 Å². The molecule has 1 heterocycles. The Morgan fingerprint density at radius 3 is 2.50 bits per heavy atom. The van der Waals surface area contributed by atoms with Crippen LogP contribution in [0, 0.1) is 12.7 Å². The van der Waals surface area contributed by atoms with Gasteiger partial charge in [-0.15, -0.1) is 0 Å². The van der Waals surface area contributed by atoms with Crippen molar-refractivity contribution in [3.63, 3.8) is 0 Å². The molecule has 6 heteroatoms. The lowest BCUT2D eigenvalue weighted by atomic mass is 10.00. The van der Waals surface area contributed by atoms with Crippen molar-refractivity contribution in [1.82, 2.24) is 0 Å². The highest BCUT2D eigenvalue weighted by Crippen LogP contribution is 2.34. The van der Waals surface area contributed by atoms with E-state index < -0.39 is 5.63 Å². The highest BCUT2D eigenvalue weighted by molar-refractivity contribution is 9.10. The molecule has 0 fully saturated rings. The maximum Gasteiger partial charge on any atom is 0.336 e. The van der Waals surface area contributed by atoms with Gasteiger partial charge in [0.2, 0.25) is 0 Å². The summed E-state index contributed by atoms with van der Waals surface area (Å²) in [6, 6.07) is 17.4. The van der Waals surface area contributed by atoms with Gasteiger partial charge in [0, 0.05) is 27.1 Å². The van der Waals surface area contributed by atoms with Crippen LogP contribution in [0.15, 0.2) is 74.3 Å². The van der Waals surface area contributed by atoms with Crippen molar-refractivity contribution in [2.24, 2.45) is 0 Å². The van der Waals surface area contributed by atoms with E-state index in [2.05, 4.69) is 15.9 Å². The van der Waals surface area contributed by atoms with E-state index in [0.29, 0.717) is 26.9 Å². The van der Waals surface area contributed by atoms with Gasteiger partial charge in [-0.3, -0.25) is 0 Å². The van der Waals surface area contributed by atoms with Crippen molar-refractivity contribution in [2.45, 2.75) is 13.5 Å². The van der Waals surface area contributed by atoms with Gasteiger partial charge in [0.25, 0.3) is 0 Å². The molecule has 4 aromatic rings. The van der Waals surface area contributed by atoms with Crippen LogP contribution in [0.5, 0.6) is 11.5 Å². The zero-order valence-corrected chi connectivity index (χ0v) is 18.0. The second-order valence-corrected chi connectivity index (χ2v) is 7.71. The Balaban J connectivity index is 1.72. The molecule has 30 heavy (non-hydrogen) atoms. The lowest BCUT2D eigenvalue weighted by molar-refractivity contribution is 0.297. The molecule has 0 aliphatic rings. The molecule has 0 unspecified atom stereocenters. The van der Waals surface area contributed by atoms with Gasteiger partial charge < -0.3 is 13.9 Å². The quantitative estimate of drug-likeness (QED) is 0.324. The molecule has 1 aromatic heterocycles. The van der Waals surface area contributed by atoms with Crippen LogP contribution in [0.3, 0.4) is 0 Å². The largest absolute Gasteiger partial charge is 0.497 e. The maximum absolute atomic E-state index is 14.1. The summed E-state index contributed by atoms with van der Waals surface area (Å²) in [5.41, 5.74) is 2.74. The van der Waals surface area contributed by atoms with Crippen LogP contribution in [0.1, 0.15) is 11.1 Å². The van der Waals surface area contributed by atoms with E-state index in [9.17, 15) is 9.18 Å². The number of ether oxygens (including phenoxy) is 2. The molecule has 0 bridgehead atoms. The first-order chi connectivity index (χ1) is 14.5. The second-order valence-electron chi connectivity index (χ2n) is 6.80. The average Bonchev–Trinajstić information content (AvgIpc) is 2.74. The van der Waals surface area contributed by atoms with E-state index in [-0.39, 0.29) is 12.4 Å². The van der Waals surface area contributed by atoms with Crippen molar-refractivity contribution >= 4 is 26.9 Å². The van der Waals surface area contributed by atoms with Gasteiger partial charge in [-0.2, -0.15) is 0 Å². The highest BCUT2D eigenvalue weighted by atomic mass is 79.9. The van der Waals surface area contributed by atoms with Crippen molar-refractivity contribution in [3.8, 4) is 22.6 Å². The van der Waals surface area contributed by atoms with Crippen LogP contribution in [0.25, 0.3) is 22.1 Å². The predicted octanol–water partition coefficient (Wildman–Crippen LogP) is 6.26. The van der Waals surface area contributed by atoms with Gasteiger partial charge in [-0.1, -0.05) is 34.1 Å². The molecule has 0 aliphatic carbocycles. The fourth-order valence-electron chi connectivity index (χ4n) is 3.30. The van der Waals surface area contributed by atoms with Crippen LogP contribution in [0.4, 0.5) is 4.39 Å². The minimum atomic E-state index is -0.451. The van der Waals surface area contributed by atoms with E-state index in [1.54, 1.807) is 25.3 Å². The van der Waals surface area contributed by atoms with Crippen LogP contribution in [-0.4, -0.2) is 7.11 Å². The Morgan fingerprint density at radius 2 is 1.80 bits per heavy atom. The van der Waals surface area contributed by atoms with Crippen molar-refractivity contribution in [2.75, 3.05) is 7.11 Å². The fourth-order valence-corrected chi connectivity index (χ4v) is 3.64. The van der Waals surface area contributed by atoms with Crippen molar-refractivity contribution in [1.29, 1.82) is 0 Å². The number of methoxy groups -OCH3 is 1. The zero-order valence-electron chi connectivity index (χ0n) is 16.4. The van der Waals surface area contributed by atoms with Gasteiger partial charge in [0.1, 0.15) is 29.5 Å². The number of hydrogen-bond acceptors (Lipinski definition) is 4. The minimum absolute atomic E-state index is 0.0634. The lowest BCUT2D eigenvalue weighted by Gasteiger charge is -2.13. The fraction of sp³-hybridized carbons (Fsp3) is 0.125. The Labute approximate surface area is 181 Å². The molecule has 0 saturated heterocycles. The summed E-state index contributed by atoms with van der Waals surface area (Å²) in [6.45, 7) is 1.88. The molecule has 0 spiro atoms. The average molecular weight is 469 g/mol. The first-order valence-corrected chi connectivity index (χ1v) is 10.0. The van der Waals surface area contributed by atoms with Crippen LogP contribution in [0.2, 0.25) is 0 Å². The van der Waals surface area contributed by atoms with E-state index in [1.807, 2.05) is 37.3 Å². The zero-order chi connectivity index (χ0) is 21.3. The molecular weight excluding hydrogens is 451 g/mol. The molecule has 4 nitrogen and oxygen atoms in total. The van der Waals surface area contributed by atoms with Gasteiger partial charge in [0.15, 0.2) is 0 Å². The summed E-state index contributed by atoms with van der Waals surface area (Å²) < 4.78 is 31.3. The number of aryl methyl sites for hydroxylation is 1. The summed E-state index contributed by atoms with van der Waals surface area (Å²) in [6.07, 6.45) is 0. The molecule has 0 radical (unpaired) electrons. The van der Waals surface area contributed by atoms with E-state index in [0.717, 1.165) is 22.3 Å². The first-order valence-electron chi connectivity index (χ1n) is 9.25. The summed E-state index contributed by atoms with van der Waals surface area (Å²) in [7, 11) is 1.60. The number of rotatable bonds is 5. The molecule has 0 amide bonds. The molecular formula is C24H18BrFO4. The Morgan fingerprint density at radius 1 is 1.03 bits per heavy atom. The summed E-state index contributed by atoms with van der Waals surface area (Å²) in [4.78, 5) is 12.2. The second kappa shape index (κ2) is 8.32. The third-order valence-electron chi connectivity index (χ3n) is 4.91. The van der Waals surface area contributed by atoms with Gasteiger partial charge >= 0.3 is 5.63 Å². The van der Waals surface area contributed by atoms with Crippen molar-refractivity contribution < 1.29 is 18.3 Å². The van der Waals surface area contributed by atoms with Gasteiger partial charge in [0.05, 0.1) is 7.11 Å². The van der Waals surface area contributed by atoms with Crippen LogP contribution >= 0.6 is 15.9 Å². The molecule has 152 valence electrons. The Hall–Kier alpha value is -3.12. The van der Waals surface area contributed by atoms with Gasteiger partial charge in [-0.25, -0.2) is 9.18 Å². The summed E-state index contributed by atoms with van der Waals surface area (Å²) >= 11 is 3.24. The third-order valence-corrected chi connectivity index (χ3v) is 5.40. The topological polar surface area (TPSA) is 48.7 Å². The molecule has 0 saturated carbocycles. The predicted molar refractivity (Wildman–Crippen MR) is 118 cm³/mol. The van der Waals surface area contributed by atoms with E-state index >= 15 is 0 Å². The Bertz CT molecular complexity index is 1280. The molecule has 0 atom stereocenters. The SMILES string of the molecule is COc1ccc(-c2cc(=O)oc3c(C)c(OCc4ccc(Br)cc4F)ccc23)cc1. The highest BCUT2D eigenvalue weighted by Gasteiger charge is 2.14. The summed E-state index contributed by atoms with van der Waals surface area (Å²) in [5, 5.41) is 0.791. The minimum Gasteiger partial charge on any atom is -0.497 e. The lowest BCUT2D eigenvalue weighted by Crippen LogP contribution is -2.02. The van der Waals surface area contributed by atoms with E-state index in [4.69, 9.17) is 13.9 Å². The molecule has 0 aliphatic heterocycles. The van der Waals surface area contributed by atoms with Crippen LogP contribution < -0.4 is 15.1 Å². The number of fused-ring (bicyclic) bond motifs is 1. The smallest absolute Gasteiger partial charge is 0.336 e. The molecule has 3 aromatic carbocycles. The van der Waals surface area contributed by atoms with E-state index in [1.165, 1.54) is 12.1 Å². The number of halogens is 2. The number of benzene rings is 3. The monoisotopic (exact) mass is 468 g/mol. The first kappa shape index (κ1) is 20.2. The summed E-state index contributed by atoms with van der Waals surface area (Å²) in [5.74, 6) is 0.911. The standard InChI is InChI=1S/C24H18BrFO4/c1-14-22(29-13-16-3-6-17(25)11-21(16)26)10-9-19-20(12-23(27)30-24(14)19)15-4-7-18(28-2)8-5-15/h3-12H,13H2,1-2H3. The Kier molecular flexibility index (Phi) is 5.59. The molecule has 4 rings (SSSR count). The third kappa shape index (κ3) is 3.96. The normalized spacial score (nSPS) is 10.9. The van der Waals surface area contributed by atoms with Crippen LogP contribution in [-0.2, 0) is 6.61 Å². The van der Waals surface area contributed by atoms with Crippen molar-refractivity contribution in [3.05, 3.63) is 92.5 Å².